The van der Waals surface area contributed by atoms with Crippen LogP contribution in [0.5, 0.6) is 0 Å². The van der Waals surface area contributed by atoms with E-state index in [0.29, 0.717) is 30.2 Å². The molecule has 1 aromatic carbocycles. The molecule has 2 aliphatic rings. The van der Waals surface area contributed by atoms with E-state index in [1.165, 1.54) is 17.4 Å². The minimum absolute atomic E-state index is 0.0651. The molecule has 0 bridgehead atoms. The van der Waals surface area contributed by atoms with Gasteiger partial charge in [-0.3, -0.25) is 9.69 Å². The van der Waals surface area contributed by atoms with Gasteiger partial charge in [-0.25, -0.2) is 4.98 Å². The maximum atomic E-state index is 13.5. The third-order valence-corrected chi connectivity index (χ3v) is 6.14. The van der Waals surface area contributed by atoms with E-state index in [0.717, 1.165) is 38.8 Å². The lowest BCUT2D eigenvalue weighted by molar-refractivity contribution is -0.147. The average Bonchev–Trinajstić information content (AvgIpc) is 3.31. The van der Waals surface area contributed by atoms with E-state index < -0.39 is 12.0 Å². The Hall–Kier alpha value is -2.09. The van der Waals surface area contributed by atoms with Gasteiger partial charge in [-0.2, -0.15) is 13.2 Å². The average molecular weight is 408 g/mol. The second-order valence-electron chi connectivity index (χ2n) is 8.30. The Morgan fingerprint density at radius 1 is 1.10 bits per heavy atom. The molecule has 2 fully saturated rings. The summed E-state index contributed by atoms with van der Waals surface area (Å²) in [4.78, 5) is 18.2. The number of likely N-dealkylation sites (tertiary alicyclic amines) is 1. The van der Waals surface area contributed by atoms with Crippen LogP contribution in [0.2, 0.25) is 0 Å². The summed E-state index contributed by atoms with van der Waals surface area (Å²) in [5, 5.41) is 3.10. The normalized spacial score (nSPS) is 19.8. The predicted molar refractivity (Wildman–Crippen MR) is 104 cm³/mol. The Kier molecular flexibility index (Phi) is 5.81. The molecule has 0 spiro atoms. The molecule has 0 radical (unpaired) electrons. The quantitative estimate of drug-likeness (QED) is 0.818. The van der Waals surface area contributed by atoms with Gasteiger partial charge in [0.25, 0.3) is 0 Å². The summed E-state index contributed by atoms with van der Waals surface area (Å²) >= 11 is 0. The topological polar surface area (TPSA) is 50.2 Å². The molecule has 1 aliphatic heterocycles. The molecule has 8 heteroatoms. The fraction of sp³-hybridized carbons (Fsp3) is 0.619. The van der Waals surface area contributed by atoms with Crippen molar-refractivity contribution in [3.8, 4) is 0 Å². The van der Waals surface area contributed by atoms with Crippen LogP contribution in [0, 0.1) is 5.92 Å². The van der Waals surface area contributed by atoms with Gasteiger partial charge in [0.05, 0.1) is 17.6 Å². The van der Waals surface area contributed by atoms with Crippen molar-refractivity contribution < 1.29 is 18.0 Å². The number of carbonyl (C=O) groups excluding carboxylic acids is 1. The lowest BCUT2D eigenvalue weighted by Crippen LogP contribution is -2.44. The van der Waals surface area contributed by atoms with Crippen molar-refractivity contribution in [2.75, 3.05) is 19.6 Å². The van der Waals surface area contributed by atoms with Crippen molar-refractivity contribution in [3.63, 3.8) is 0 Å². The maximum Gasteiger partial charge on any atom is 0.449 e. The van der Waals surface area contributed by atoms with Crippen molar-refractivity contribution in [2.24, 2.45) is 5.92 Å². The van der Waals surface area contributed by atoms with Crippen LogP contribution in [0.4, 0.5) is 13.2 Å². The number of hydrogen-bond donors (Lipinski definition) is 1. The minimum Gasteiger partial charge on any atom is -0.352 e. The maximum absolute atomic E-state index is 13.5. The number of piperidine rings is 1. The summed E-state index contributed by atoms with van der Waals surface area (Å²) in [5.74, 6) is -0.616. The molecule has 1 aliphatic carbocycles. The molecule has 0 unspecified atom stereocenters. The number of benzene rings is 1. The monoisotopic (exact) mass is 408 g/mol. The predicted octanol–water partition coefficient (Wildman–Crippen LogP) is 3.83. The summed E-state index contributed by atoms with van der Waals surface area (Å²) in [6.45, 7) is 2.15. The number of nitrogens with one attached hydrogen (secondary N) is 1. The highest BCUT2D eigenvalue weighted by atomic mass is 19.4. The Morgan fingerprint density at radius 3 is 2.48 bits per heavy atom. The first-order valence-electron chi connectivity index (χ1n) is 10.4. The molecule has 158 valence electrons. The first-order valence-corrected chi connectivity index (χ1v) is 10.4. The summed E-state index contributed by atoms with van der Waals surface area (Å²) in [5.41, 5.74) is 0.902. The number of alkyl halides is 3. The van der Waals surface area contributed by atoms with Gasteiger partial charge in [0.15, 0.2) is 0 Å². The highest BCUT2D eigenvalue weighted by Gasteiger charge is 2.38. The van der Waals surface area contributed by atoms with Gasteiger partial charge in [0.1, 0.15) is 0 Å². The van der Waals surface area contributed by atoms with Crippen LogP contribution in [-0.4, -0.2) is 46.0 Å². The standard InChI is InChI=1S/C21H27F3N4O/c22-21(23,24)20-26-17-7-3-4-8-18(17)28(20)13-15-9-11-27(12-10-15)14-19(29)25-16-5-1-2-6-16/h3-4,7-8,15-16H,1-2,5-6,9-14H2,(H,25,29). The molecule has 0 atom stereocenters. The number of amides is 1. The molecule has 1 saturated heterocycles. The van der Waals surface area contributed by atoms with Crippen LogP contribution in [0.25, 0.3) is 11.0 Å². The number of rotatable bonds is 5. The van der Waals surface area contributed by atoms with Crippen LogP contribution in [0.3, 0.4) is 0 Å². The SMILES string of the molecule is O=C(CN1CCC(Cn2c(C(F)(F)F)nc3ccccc32)CC1)NC1CCCC1. The van der Waals surface area contributed by atoms with Crippen LogP contribution in [0.1, 0.15) is 44.3 Å². The number of nitrogens with zero attached hydrogens (tertiary/aromatic N) is 3. The number of aromatic nitrogens is 2. The van der Waals surface area contributed by atoms with E-state index in [-0.39, 0.29) is 11.8 Å². The highest BCUT2D eigenvalue weighted by Crippen LogP contribution is 2.33. The van der Waals surface area contributed by atoms with E-state index >= 15 is 0 Å². The van der Waals surface area contributed by atoms with Crippen molar-refractivity contribution in [1.82, 2.24) is 19.8 Å². The highest BCUT2D eigenvalue weighted by molar-refractivity contribution is 5.78. The fourth-order valence-corrected chi connectivity index (χ4v) is 4.61. The van der Waals surface area contributed by atoms with Gasteiger partial charge in [0.2, 0.25) is 11.7 Å². The zero-order valence-corrected chi connectivity index (χ0v) is 16.4. The zero-order valence-electron chi connectivity index (χ0n) is 16.4. The Labute approximate surface area is 168 Å². The number of para-hydroxylation sites is 2. The molecule has 1 N–H and O–H groups in total. The molecule has 2 heterocycles. The lowest BCUT2D eigenvalue weighted by Gasteiger charge is -2.32. The number of hydrogen-bond acceptors (Lipinski definition) is 3. The summed E-state index contributed by atoms with van der Waals surface area (Å²) in [7, 11) is 0. The molecule has 29 heavy (non-hydrogen) atoms. The Bertz CT molecular complexity index is 849. The van der Waals surface area contributed by atoms with E-state index in [1.807, 2.05) is 0 Å². The molecule has 1 saturated carbocycles. The van der Waals surface area contributed by atoms with Gasteiger partial charge < -0.3 is 9.88 Å². The summed E-state index contributed by atoms with van der Waals surface area (Å²) in [6.07, 6.45) is 1.57. The molecular formula is C21H27F3N4O. The van der Waals surface area contributed by atoms with E-state index in [4.69, 9.17) is 0 Å². The Morgan fingerprint density at radius 2 is 1.79 bits per heavy atom. The fourth-order valence-electron chi connectivity index (χ4n) is 4.61. The molecular weight excluding hydrogens is 381 g/mol. The molecule has 1 aromatic heterocycles. The third-order valence-electron chi connectivity index (χ3n) is 6.14. The molecule has 5 nitrogen and oxygen atoms in total. The van der Waals surface area contributed by atoms with Crippen LogP contribution in [0.15, 0.2) is 24.3 Å². The van der Waals surface area contributed by atoms with Crippen molar-refractivity contribution >= 4 is 16.9 Å². The number of halogens is 3. The Balaban J connectivity index is 1.35. The first kappa shape index (κ1) is 20.2. The minimum atomic E-state index is -4.47. The van der Waals surface area contributed by atoms with E-state index in [9.17, 15) is 18.0 Å². The van der Waals surface area contributed by atoms with Gasteiger partial charge >= 0.3 is 6.18 Å². The third kappa shape index (κ3) is 4.74. The van der Waals surface area contributed by atoms with E-state index in [2.05, 4.69) is 15.2 Å². The molecule has 2 aromatic rings. The molecule has 4 rings (SSSR count). The molecule has 1 amide bonds. The van der Waals surface area contributed by atoms with Crippen LogP contribution >= 0.6 is 0 Å². The van der Waals surface area contributed by atoms with Gasteiger partial charge in [-0.15, -0.1) is 0 Å². The van der Waals surface area contributed by atoms with Gasteiger partial charge in [-0.1, -0.05) is 25.0 Å². The van der Waals surface area contributed by atoms with Gasteiger partial charge in [-0.05, 0) is 56.8 Å². The van der Waals surface area contributed by atoms with Crippen molar-refractivity contribution in [2.45, 2.75) is 57.3 Å². The summed E-state index contributed by atoms with van der Waals surface area (Å²) < 4.78 is 41.8. The van der Waals surface area contributed by atoms with Crippen molar-refractivity contribution in [1.29, 1.82) is 0 Å². The second kappa shape index (κ2) is 8.34. The first-order chi connectivity index (χ1) is 13.9. The summed E-state index contributed by atoms with van der Waals surface area (Å²) in [6, 6.07) is 7.07. The number of fused-ring (bicyclic) bond motifs is 1. The van der Waals surface area contributed by atoms with Crippen molar-refractivity contribution in [3.05, 3.63) is 30.1 Å². The second-order valence-corrected chi connectivity index (χ2v) is 8.30. The van der Waals surface area contributed by atoms with Crippen LogP contribution < -0.4 is 5.32 Å². The van der Waals surface area contributed by atoms with Crippen LogP contribution in [-0.2, 0) is 17.5 Å². The van der Waals surface area contributed by atoms with Gasteiger partial charge in [0, 0.05) is 12.6 Å². The lowest BCUT2D eigenvalue weighted by atomic mass is 9.96. The zero-order chi connectivity index (χ0) is 20.4. The van der Waals surface area contributed by atoms with E-state index in [1.54, 1.807) is 24.3 Å². The number of imidazole rings is 1. The largest absolute Gasteiger partial charge is 0.449 e. The smallest absolute Gasteiger partial charge is 0.352 e. The number of carbonyl (C=O) groups is 1.